The Bertz CT molecular complexity index is 455. The zero-order valence-electron chi connectivity index (χ0n) is 13.6. The molecule has 1 aliphatic heterocycles. The van der Waals surface area contributed by atoms with Gasteiger partial charge in [0.2, 0.25) is 5.91 Å². The van der Waals surface area contributed by atoms with E-state index in [2.05, 4.69) is 36.1 Å². The molecule has 1 heterocycles. The molecule has 124 valence electrons. The molecule has 22 heavy (non-hydrogen) atoms. The van der Waals surface area contributed by atoms with Gasteiger partial charge in [-0.15, -0.1) is 12.4 Å². The number of rotatable bonds is 5. The summed E-state index contributed by atoms with van der Waals surface area (Å²) in [5.41, 5.74) is 8.41. The highest BCUT2D eigenvalue weighted by atomic mass is 35.5. The van der Waals surface area contributed by atoms with Crippen LogP contribution in [0.3, 0.4) is 0 Å². The molecule has 0 atom stereocenters. The first-order valence-corrected chi connectivity index (χ1v) is 7.88. The Labute approximate surface area is 140 Å². The maximum atomic E-state index is 12.3. The van der Waals surface area contributed by atoms with Crippen LogP contribution in [0.2, 0.25) is 0 Å². The Morgan fingerprint density at radius 2 is 1.77 bits per heavy atom. The van der Waals surface area contributed by atoms with Gasteiger partial charge in [-0.05, 0) is 30.4 Å². The Morgan fingerprint density at radius 3 is 2.32 bits per heavy atom. The van der Waals surface area contributed by atoms with E-state index in [9.17, 15) is 4.79 Å². The van der Waals surface area contributed by atoms with E-state index in [-0.39, 0.29) is 18.3 Å². The van der Waals surface area contributed by atoms with Crippen LogP contribution < -0.4 is 5.73 Å². The van der Waals surface area contributed by atoms with Crippen molar-refractivity contribution in [2.45, 2.75) is 38.8 Å². The van der Waals surface area contributed by atoms with Gasteiger partial charge in [0.1, 0.15) is 0 Å². The van der Waals surface area contributed by atoms with Gasteiger partial charge < -0.3 is 10.6 Å². The van der Waals surface area contributed by atoms with Gasteiger partial charge in [0.25, 0.3) is 0 Å². The number of carbonyl (C=O) groups is 1. The average molecular weight is 326 g/mol. The molecule has 0 unspecified atom stereocenters. The van der Waals surface area contributed by atoms with Gasteiger partial charge in [0.15, 0.2) is 0 Å². The normalized spacial score (nSPS) is 16.1. The van der Waals surface area contributed by atoms with Crippen LogP contribution in [0.5, 0.6) is 0 Å². The third-order valence-corrected chi connectivity index (χ3v) is 4.27. The minimum atomic E-state index is 0. The van der Waals surface area contributed by atoms with Crippen molar-refractivity contribution in [2.24, 2.45) is 5.73 Å². The lowest BCUT2D eigenvalue weighted by Gasteiger charge is -2.30. The largest absolute Gasteiger partial charge is 0.340 e. The minimum Gasteiger partial charge on any atom is -0.340 e. The summed E-state index contributed by atoms with van der Waals surface area (Å²) in [6, 6.07) is 8.82. The van der Waals surface area contributed by atoms with Crippen molar-refractivity contribution in [3.05, 3.63) is 35.4 Å². The number of halogens is 1. The Balaban J connectivity index is 0.00000242. The standard InChI is InChI=1S/C17H27N3O.ClH/c1-3-14-4-6-15(7-5-14)12-19(2)17(21)13-20-10-8-16(18)9-11-20;/h4-7,16H,3,8-13,18H2,1-2H3;1H. The number of amides is 1. The Hall–Kier alpha value is -1.10. The molecule has 1 fully saturated rings. The number of likely N-dealkylation sites (N-methyl/N-ethyl adjacent to an activating group) is 1. The van der Waals surface area contributed by atoms with Crippen molar-refractivity contribution >= 4 is 18.3 Å². The van der Waals surface area contributed by atoms with Crippen molar-refractivity contribution in [2.75, 3.05) is 26.7 Å². The molecule has 1 aliphatic rings. The summed E-state index contributed by atoms with van der Waals surface area (Å²) < 4.78 is 0. The van der Waals surface area contributed by atoms with E-state index in [1.807, 2.05) is 11.9 Å². The average Bonchev–Trinajstić information content (AvgIpc) is 2.50. The van der Waals surface area contributed by atoms with E-state index in [0.717, 1.165) is 32.4 Å². The third-order valence-electron chi connectivity index (χ3n) is 4.27. The number of hydrogen-bond donors (Lipinski definition) is 1. The lowest BCUT2D eigenvalue weighted by molar-refractivity contribution is -0.131. The summed E-state index contributed by atoms with van der Waals surface area (Å²) in [7, 11) is 1.88. The highest BCUT2D eigenvalue weighted by molar-refractivity contribution is 5.85. The number of benzene rings is 1. The first kappa shape index (κ1) is 18.9. The van der Waals surface area contributed by atoms with Gasteiger partial charge in [-0.1, -0.05) is 31.2 Å². The van der Waals surface area contributed by atoms with E-state index in [1.54, 1.807) is 0 Å². The van der Waals surface area contributed by atoms with E-state index in [0.29, 0.717) is 19.1 Å². The van der Waals surface area contributed by atoms with Crippen LogP contribution in [0.15, 0.2) is 24.3 Å². The van der Waals surface area contributed by atoms with Crippen LogP contribution in [0.25, 0.3) is 0 Å². The molecule has 2 rings (SSSR count). The fraction of sp³-hybridized carbons (Fsp3) is 0.588. The summed E-state index contributed by atoms with van der Waals surface area (Å²) in [6.45, 7) is 5.21. The Morgan fingerprint density at radius 1 is 1.23 bits per heavy atom. The third kappa shape index (κ3) is 5.59. The van der Waals surface area contributed by atoms with Gasteiger partial charge in [-0.3, -0.25) is 9.69 Å². The lowest BCUT2D eigenvalue weighted by atomic mass is 10.1. The van der Waals surface area contributed by atoms with E-state index < -0.39 is 0 Å². The number of carbonyl (C=O) groups excluding carboxylic acids is 1. The van der Waals surface area contributed by atoms with E-state index in [1.165, 1.54) is 11.1 Å². The van der Waals surface area contributed by atoms with Crippen LogP contribution in [0.4, 0.5) is 0 Å². The quantitative estimate of drug-likeness (QED) is 0.901. The number of hydrogen-bond acceptors (Lipinski definition) is 3. The van der Waals surface area contributed by atoms with Crippen LogP contribution in [0.1, 0.15) is 30.9 Å². The van der Waals surface area contributed by atoms with Crippen molar-refractivity contribution in [3.8, 4) is 0 Å². The zero-order chi connectivity index (χ0) is 15.2. The molecule has 0 radical (unpaired) electrons. The molecular weight excluding hydrogens is 298 g/mol. The molecule has 1 aromatic carbocycles. The van der Waals surface area contributed by atoms with Crippen molar-refractivity contribution in [3.63, 3.8) is 0 Å². The molecular formula is C17H28ClN3O. The second-order valence-corrected chi connectivity index (χ2v) is 6.03. The van der Waals surface area contributed by atoms with Crippen molar-refractivity contribution < 1.29 is 4.79 Å². The summed E-state index contributed by atoms with van der Waals surface area (Å²) >= 11 is 0. The minimum absolute atomic E-state index is 0. The van der Waals surface area contributed by atoms with Crippen LogP contribution >= 0.6 is 12.4 Å². The summed E-state index contributed by atoms with van der Waals surface area (Å²) in [5.74, 6) is 0.185. The fourth-order valence-corrected chi connectivity index (χ4v) is 2.67. The van der Waals surface area contributed by atoms with E-state index >= 15 is 0 Å². The smallest absolute Gasteiger partial charge is 0.236 e. The highest BCUT2D eigenvalue weighted by Gasteiger charge is 2.19. The molecule has 0 aromatic heterocycles. The molecule has 0 bridgehead atoms. The van der Waals surface area contributed by atoms with Gasteiger partial charge in [0, 0.05) is 32.7 Å². The second-order valence-electron chi connectivity index (χ2n) is 6.03. The highest BCUT2D eigenvalue weighted by Crippen LogP contribution is 2.10. The van der Waals surface area contributed by atoms with Gasteiger partial charge in [0.05, 0.1) is 6.54 Å². The predicted octanol–water partition coefficient (Wildman–Crippen LogP) is 2.05. The van der Waals surface area contributed by atoms with Crippen LogP contribution in [-0.2, 0) is 17.8 Å². The predicted molar refractivity (Wildman–Crippen MR) is 93.2 cm³/mol. The molecule has 4 nitrogen and oxygen atoms in total. The molecule has 1 saturated heterocycles. The van der Waals surface area contributed by atoms with Crippen LogP contribution in [-0.4, -0.2) is 48.4 Å². The number of likely N-dealkylation sites (tertiary alicyclic amines) is 1. The number of piperidine rings is 1. The number of nitrogens with two attached hydrogens (primary N) is 1. The monoisotopic (exact) mass is 325 g/mol. The molecule has 0 saturated carbocycles. The lowest BCUT2D eigenvalue weighted by Crippen LogP contribution is -2.44. The van der Waals surface area contributed by atoms with Crippen molar-refractivity contribution in [1.82, 2.24) is 9.80 Å². The number of aryl methyl sites for hydroxylation is 1. The maximum Gasteiger partial charge on any atom is 0.236 e. The Kier molecular flexibility index (Phi) is 7.87. The molecule has 5 heteroatoms. The zero-order valence-corrected chi connectivity index (χ0v) is 14.4. The summed E-state index contributed by atoms with van der Waals surface area (Å²) in [5, 5.41) is 0. The van der Waals surface area contributed by atoms with Gasteiger partial charge in [-0.25, -0.2) is 0 Å². The van der Waals surface area contributed by atoms with Crippen molar-refractivity contribution in [1.29, 1.82) is 0 Å². The SMILES string of the molecule is CCc1ccc(CN(C)C(=O)CN2CCC(N)CC2)cc1.Cl. The molecule has 0 spiro atoms. The number of nitrogens with zero attached hydrogens (tertiary/aromatic N) is 2. The molecule has 1 amide bonds. The second kappa shape index (κ2) is 9.13. The summed E-state index contributed by atoms with van der Waals surface area (Å²) in [4.78, 5) is 16.3. The molecule has 2 N–H and O–H groups in total. The molecule has 1 aromatic rings. The fourth-order valence-electron chi connectivity index (χ4n) is 2.67. The van der Waals surface area contributed by atoms with Crippen LogP contribution in [0, 0.1) is 0 Å². The maximum absolute atomic E-state index is 12.3. The van der Waals surface area contributed by atoms with E-state index in [4.69, 9.17) is 5.73 Å². The topological polar surface area (TPSA) is 49.6 Å². The first-order valence-electron chi connectivity index (χ1n) is 7.88. The van der Waals surface area contributed by atoms with Gasteiger partial charge in [-0.2, -0.15) is 0 Å². The first-order chi connectivity index (χ1) is 10.1. The molecule has 0 aliphatic carbocycles. The van der Waals surface area contributed by atoms with Gasteiger partial charge >= 0.3 is 0 Å². The summed E-state index contributed by atoms with van der Waals surface area (Å²) in [6.07, 6.45) is 3.04.